The molecule has 5 rings (SSSR count). The quantitative estimate of drug-likeness (QED) is 0.164. The van der Waals surface area contributed by atoms with Gasteiger partial charge in [0.15, 0.2) is 11.5 Å². The Bertz CT molecular complexity index is 1670. The molecule has 4 aromatic rings. The predicted molar refractivity (Wildman–Crippen MR) is 170 cm³/mol. The lowest BCUT2D eigenvalue weighted by Crippen LogP contribution is -2.16. The number of ether oxygens (including phenoxy) is 4. The highest BCUT2D eigenvalue weighted by molar-refractivity contribution is 5.75. The topological polar surface area (TPSA) is 89.8 Å². The number of ketones is 1. The summed E-state index contributed by atoms with van der Waals surface area (Å²) in [6, 6.07) is 26.0. The zero-order chi connectivity index (χ0) is 30.9. The van der Waals surface area contributed by atoms with E-state index in [-0.39, 0.29) is 5.78 Å². The largest absolute Gasteiger partial charge is 0.488 e. The van der Waals surface area contributed by atoms with Gasteiger partial charge in [0.2, 0.25) is 0 Å². The van der Waals surface area contributed by atoms with Crippen molar-refractivity contribution in [3.8, 4) is 40.2 Å². The van der Waals surface area contributed by atoms with Crippen LogP contribution < -0.4 is 24.3 Å². The summed E-state index contributed by atoms with van der Waals surface area (Å²) in [7, 11) is 0. The first-order valence-corrected chi connectivity index (χ1v) is 15.0. The number of hydrogen-bond donors (Lipinski definition) is 1. The number of carbonyl (C=O) groups is 1. The first-order chi connectivity index (χ1) is 21.4. The number of rotatable bonds is 13. The molecule has 0 spiro atoms. The lowest BCUT2D eigenvalue weighted by molar-refractivity contribution is -0.117. The lowest BCUT2D eigenvalue weighted by atomic mass is 9.96. The molecule has 0 aliphatic carbocycles. The molecule has 0 amide bonds. The molecular formula is C37H38N2O5. The Labute approximate surface area is 259 Å². The van der Waals surface area contributed by atoms with Crippen LogP contribution in [0.4, 0.5) is 0 Å². The van der Waals surface area contributed by atoms with E-state index in [9.17, 15) is 10.1 Å². The normalized spacial score (nSPS) is 12.0. The van der Waals surface area contributed by atoms with Gasteiger partial charge in [-0.25, -0.2) is 0 Å². The van der Waals surface area contributed by atoms with Crippen LogP contribution in [-0.2, 0) is 24.6 Å². The minimum absolute atomic E-state index is 0.194. The van der Waals surface area contributed by atoms with Gasteiger partial charge in [-0.05, 0) is 97.4 Å². The maximum atomic E-state index is 11.3. The summed E-state index contributed by atoms with van der Waals surface area (Å²) in [6.45, 7) is 8.94. The number of aryl methyl sites for hydroxylation is 1. The van der Waals surface area contributed by atoms with Crippen LogP contribution in [0, 0.1) is 25.2 Å². The van der Waals surface area contributed by atoms with Crippen molar-refractivity contribution in [1.29, 1.82) is 5.26 Å². The summed E-state index contributed by atoms with van der Waals surface area (Å²) >= 11 is 0. The van der Waals surface area contributed by atoms with Crippen LogP contribution >= 0.6 is 0 Å². The van der Waals surface area contributed by atoms with Crippen LogP contribution in [-0.4, -0.2) is 25.5 Å². The van der Waals surface area contributed by atoms with Gasteiger partial charge in [-0.2, -0.15) is 5.26 Å². The molecule has 1 aliphatic rings. The van der Waals surface area contributed by atoms with Gasteiger partial charge in [0, 0.05) is 24.6 Å². The number of benzene rings is 4. The minimum Gasteiger partial charge on any atom is -0.488 e. The Morgan fingerprint density at radius 2 is 1.68 bits per heavy atom. The third-order valence-corrected chi connectivity index (χ3v) is 7.69. The molecule has 7 nitrogen and oxygen atoms in total. The Morgan fingerprint density at radius 3 is 2.50 bits per heavy atom. The van der Waals surface area contributed by atoms with Crippen molar-refractivity contribution in [2.24, 2.45) is 0 Å². The molecule has 0 atom stereocenters. The SMILES string of the molecule is CC(=O)CCCNCc1cc(C)c(OCc2cccc(-c3ccc4c(c3)OCCO4)c2C)cc1OCc1cccc(C#N)c1. The fraction of sp³-hybridized carbons (Fsp3) is 0.297. The van der Waals surface area contributed by atoms with Gasteiger partial charge in [-0.1, -0.05) is 36.4 Å². The molecule has 1 aliphatic heterocycles. The molecule has 0 saturated heterocycles. The summed E-state index contributed by atoms with van der Waals surface area (Å²) < 4.78 is 24.2. The molecule has 0 bridgehead atoms. The van der Waals surface area contributed by atoms with Crippen molar-refractivity contribution >= 4 is 5.78 Å². The molecule has 4 aromatic carbocycles. The van der Waals surface area contributed by atoms with Crippen molar-refractivity contribution < 1.29 is 23.7 Å². The molecule has 0 saturated carbocycles. The summed E-state index contributed by atoms with van der Waals surface area (Å²) in [4.78, 5) is 11.3. The number of Topliss-reactive ketones (excluding diaryl/α,β-unsaturated/α-hetero) is 1. The van der Waals surface area contributed by atoms with Gasteiger partial charge in [0.25, 0.3) is 0 Å². The van der Waals surface area contributed by atoms with Gasteiger partial charge >= 0.3 is 0 Å². The average Bonchev–Trinajstić information content (AvgIpc) is 3.04. The van der Waals surface area contributed by atoms with Gasteiger partial charge in [-0.15, -0.1) is 0 Å². The van der Waals surface area contributed by atoms with E-state index in [1.54, 1.807) is 13.0 Å². The molecule has 0 fully saturated rings. The van der Waals surface area contributed by atoms with E-state index >= 15 is 0 Å². The van der Waals surface area contributed by atoms with Crippen LogP contribution in [0.1, 0.15) is 53.1 Å². The number of nitriles is 1. The second kappa shape index (κ2) is 14.6. The number of fused-ring (bicyclic) bond motifs is 1. The zero-order valence-electron chi connectivity index (χ0n) is 25.6. The van der Waals surface area contributed by atoms with E-state index in [4.69, 9.17) is 18.9 Å². The summed E-state index contributed by atoms with van der Waals surface area (Å²) in [5, 5.41) is 12.7. The molecule has 0 unspecified atom stereocenters. The average molecular weight is 591 g/mol. The van der Waals surface area contributed by atoms with E-state index in [1.165, 1.54) is 0 Å². The van der Waals surface area contributed by atoms with Crippen molar-refractivity contribution in [1.82, 2.24) is 5.32 Å². The van der Waals surface area contributed by atoms with Crippen molar-refractivity contribution in [3.05, 3.63) is 106 Å². The van der Waals surface area contributed by atoms with Crippen molar-refractivity contribution in [2.45, 2.75) is 53.4 Å². The van der Waals surface area contributed by atoms with E-state index < -0.39 is 0 Å². The molecule has 1 heterocycles. The Hall–Kier alpha value is -4.80. The smallest absolute Gasteiger partial charge is 0.161 e. The van der Waals surface area contributed by atoms with E-state index in [0.29, 0.717) is 50.7 Å². The fourth-order valence-electron chi connectivity index (χ4n) is 5.25. The van der Waals surface area contributed by atoms with Crippen molar-refractivity contribution in [3.63, 3.8) is 0 Å². The molecule has 0 aromatic heterocycles. The third kappa shape index (κ3) is 7.77. The number of nitrogens with zero attached hydrogens (tertiary/aromatic N) is 1. The van der Waals surface area contributed by atoms with Crippen LogP contribution in [0.5, 0.6) is 23.0 Å². The summed E-state index contributed by atoms with van der Waals surface area (Å²) in [5.41, 5.74) is 7.94. The van der Waals surface area contributed by atoms with Crippen LogP contribution in [0.15, 0.2) is 72.8 Å². The second-order valence-electron chi connectivity index (χ2n) is 11.0. The highest BCUT2D eigenvalue weighted by Crippen LogP contribution is 2.36. The van der Waals surface area contributed by atoms with Gasteiger partial charge in [0.05, 0.1) is 11.6 Å². The van der Waals surface area contributed by atoms with Gasteiger partial charge < -0.3 is 29.1 Å². The second-order valence-corrected chi connectivity index (χ2v) is 11.0. The first kappa shape index (κ1) is 30.7. The molecule has 0 radical (unpaired) electrons. The molecule has 7 heteroatoms. The van der Waals surface area contributed by atoms with Gasteiger partial charge in [0.1, 0.15) is 43.7 Å². The van der Waals surface area contributed by atoms with Gasteiger partial charge in [-0.3, -0.25) is 0 Å². The Kier molecular flexibility index (Phi) is 10.2. The minimum atomic E-state index is 0.194. The standard InChI is InChI=1S/C37H38N2O5/c1-25-17-32(22-39-14-6-7-26(2)40)36(43-23-29-9-4-8-28(18-29)21-38)20-35(25)44-24-31-10-5-11-33(27(31)3)30-12-13-34-37(19-30)42-16-15-41-34/h4-5,8-13,17-20,39H,6-7,14-16,22-24H2,1-3H3. The molecule has 44 heavy (non-hydrogen) atoms. The monoisotopic (exact) mass is 590 g/mol. The van der Waals surface area contributed by atoms with Crippen LogP contribution in [0.2, 0.25) is 0 Å². The van der Waals surface area contributed by atoms with E-state index in [2.05, 4.69) is 48.6 Å². The van der Waals surface area contributed by atoms with Crippen LogP contribution in [0.25, 0.3) is 11.1 Å². The third-order valence-electron chi connectivity index (χ3n) is 7.69. The number of nitrogens with one attached hydrogen (secondary N) is 1. The highest BCUT2D eigenvalue weighted by Gasteiger charge is 2.16. The van der Waals surface area contributed by atoms with E-state index in [1.807, 2.05) is 43.3 Å². The summed E-state index contributed by atoms with van der Waals surface area (Å²) in [6.07, 6.45) is 1.35. The fourth-order valence-corrected chi connectivity index (χ4v) is 5.25. The lowest BCUT2D eigenvalue weighted by Gasteiger charge is -2.20. The van der Waals surface area contributed by atoms with Crippen LogP contribution in [0.3, 0.4) is 0 Å². The molecular weight excluding hydrogens is 552 g/mol. The van der Waals surface area contributed by atoms with Crippen molar-refractivity contribution in [2.75, 3.05) is 19.8 Å². The Balaban J connectivity index is 1.33. The Morgan fingerprint density at radius 1 is 0.886 bits per heavy atom. The number of carbonyl (C=O) groups excluding carboxylic acids is 1. The predicted octanol–water partition coefficient (Wildman–Crippen LogP) is 7.23. The number of hydrogen-bond acceptors (Lipinski definition) is 7. The maximum absolute atomic E-state index is 11.3. The molecule has 1 N–H and O–H groups in total. The maximum Gasteiger partial charge on any atom is 0.161 e. The van der Waals surface area contributed by atoms with E-state index in [0.717, 1.165) is 69.2 Å². The summed E-state index contributed by atoms with van der Waals surface area (Å²) in [5.74, 6) is 3.20. The highest BCUT2D eigenvalue weighted by atomic mass is 16.6. The first-order valence-electron chi connectivity index (χ1n) is 15.0. The molecule has 226 valence electrons. The zero-order valence-corrected chi connectivity index (χ0v) is 25.6.